The van der Waals surface area contributed by atoms with Crippen LogP contribution in [0.2, 0.25) is 5.02 Å². The van der Waals surface area contributed by atoms with E-state index >= 15 is 0 Å². The lowest BCUT2D eigenvalue weighted by Gasteiger charge is -2.31. The number of nitrogens with zero attached hydrogens (tertiary/aromatic N) is 3. The van der Waals surface area contributed by atoms with Gasteiger partial charge in [0.1, 0.15) is 5.69 Å². The van der Waals surface area contributed by atoms with Crippen molar-refractivity contribution in [2.75, 3.05) is 11.9 Å². The van der Waals surface area contributed by atoms with Gasteiger partial charge in [0.25, 0.3) is 0 Å². The molecule has 22 heavy (non-hydrogen) atoms. The lowest BCUT2D eigenvalue weighted by Crippen LogP contribution is -2.39. The summed E-state index contributed by atoms with van der Waals surface area (Å²) >= 11 is 6.01. The molecule has 2 fully saturated rings. The predicted octanol–water partition coefficient (Wildman–Crippen LogP) is 1.16. The summed E-state index contributed by atoms with van der Waals surface area (Å²) in [6, 6.07) is -0.0871. The van der Waals surface area contributed by atoms with E-state index in [0.29, 0.717) is 11.8 Å². The van der Waals surface area contributed by atoms with Crippen LogP contribution >= 0.6 is 11.6 Å². The number of hydrogen-bond acceptors (Lipinski definition) is 6. The average Bonchev–Trinajstić information content (AvgIpc) is 3.07. The van der Waals surface area contributed by atoms with Crippen LogP contribution in [0.4, 0.5) is 11.5 Å². The van der Waals surface area contributed by atoms with Gasteiger partial charge in [0.05, 0.1) is 12.1 Å². The minimum absolute atomic E-state index is 0.00173. The van der Waals surface area contributed by atoms with Crippen molar-refractivity contribution in [3.63, 3.8) is 0 Å². The van der Waals surface area contributed by atoms with E-state index in [0.717, 1.165) is 23.9 Å². The van der Waals surface area contributed by atoms with Crippen molar-refractivity contribution in [3.8, 4) is 0 Å². The first-order valence-corrected chi connectivity index (χ1v) is 7.60. The molecule has 0 radical (unpaired) electrons. The standard InChI is InChI=1S/C13H17ClN4O4/c1-17-13(20)11(9(14)12(16-17)18(21)22)15-10-7-3-2-6(4-7)8(10)5-19/h6-8,10,15,19H,2-5H2,1H3/t6-,7+,8-,10+/m1/s1. The number of aryl methyl sites for hydroxylation is 1. The summed E-state index contributed by atoms with van der Waals surface area (Å²) in [6.07, 6.45) is 3.12. The molecule has 1 aromatic rings. The number of rotatable bonds is 4. The van der Waals surface area contributed by atoms with Gasteiger partial charge in [-0.2, -0.15) is 0 Å². The highest BCUT2D eigenvalue weighted by Crippen LogP contribution is 2.49. The minimum Gasteiger partial charge on any atom is -0.396 e. The van der Waals surface area contributed by atoms with Gasteiger partial charge in [-0.15, -0.1) is 4.68 Å². The second-order valence-corrected chi connectivity index (χ2v) is 6.43. The van der Waals surface area contributed by atoms with Crippen LogP contribution in [0.1, 0.15) is 19.3 Å². The van der Waals surface area contributed by atoms with E-state index in [-0.39, 0.29) is 29.3 Å². The van der Waals surface area contributed by atoms with Crippen molar-refractivity contribution in [1.29, 1.82) is 0 Å². The summed E-state index contributed by atoms with van der Waals surface area (Å²) in [5.74, 6) is 0.295. The number of anilines is 1. The lowest BCUT2D eigenvalue weighted by atomic mass is 9.85. The molecule has 0 spiro atoms. The number of aliphatic hydroxyl groups excluding tert-OH is 1. The molecular formula is C13H17ClN4O4. The van der Waals surface area contributed by atoms with E-state index < -0.39 is 16.3 Å². The minimum atomic E-state index is -0.711. The number of halogens is 1. The third-order valence-corrected chi connectivity index (χ3v) is 5.31. The van der Waals surface area contributed by atoms with E-state index in [2.05, 4.69) is 10.4 Å². The van der Waals surface area contributed by atoms with Crippen molar-refractivity contribution in [1.82, 2.24) is 9.78 Å². The molecule has 3 rings (SSSR count). The molecule has 1 aromatic heterocycles. The van der Waals surface area contributed by atoms with E-state index in [1.165, 1.54) is 7.05 Å². The van der Waals surface area contributed by atoms with Gasteiger partial charge in [-0.05, 0) is 36.0 Å². The highest BCUT2D eigenvalue weighted by molar-refractivity contribution is 6.34. The zero-order valence-electron chi connectivity index (χ0n) is 12.0. The molecular weight excluding hydrogens is 312 g/mol. The average molecular weight is 329 g/mol. The SMILES string of the molecule is Cn1nc([N+](=O)[O-])c(Cl)c(N[C@H]2[C@H]3CC[C@H](C3)[C@H]2CO)c1=O. The number of aliphatic hydroxyl groups is 1. The smallest absolute Gasteiger partial charge is 0.396 e. The van der Waals surface area contributed by atoms with Gasteiger partial charge in [0, 0.05) is 18.6 Å². The quantitative estimate of drug-likeness (QED) is 0.634. The Kier molecular flexibility index (Phi) is 3.82. The lowest BCUT2D eigenvalue weighted by molar-refractivity contribution is -0.390. The van der Waals surface area contributed by atoms with Gasteiger partial charge in [-0.1, -0.05) is 11.6 Å². The maximum absolute atomic E-state index is 12.2. The van der Waals surface area contributed by atoms with Gasteiger partial charge in [0.15, 0.2) is 5.02 Å². The summed E-state index contributed by atoms with van der Waals surface area (Å²) in [4.78, 5) is 22.5. The predicted molar refractivity (Wildman–Crippen MR) is 80.0 cm³/mol. The summed E-state index contributed by atoms with van der Waals surface area (Å²) in [7, 11) is 1.35. The molecule has 8 nitrogen and oxygen atoms in total. The van der Waals surface area contributed by atoms with Crippen LogP contribution in [0.25, 0.3) is 0 Å². The van der Waals surface area contributed by atoms with Gasteiger partial charge < -0.3 is 20.5 Å². The molecule has 2 aliphatic carbocycles. The molecule has 2 aliphatic rings. The number of nitrogens with one attached hydrogen (secondary N) is 1. The van der Waals surface area contributed by atoms with Gasteiger partial charge in [0.2, 0.25) is 0 Å². The Balaban J connectivity index is 1.99. The highest BCUT2D eigenvalue weighted by atomic mass is 35.5. The highest BCUT2D eigenvalue weighted by Gasteiger charge is 2.47. The fraction of sp³-hybridized carbons (Fsp3) is 0.692. The third-order valence-electron chi connectivity index (χ3n) is 4.95. The topological polar surface area (TPSA) is 110 Å². The Morgan fingerprint density at radius 1 is 1.50 bits per heavy atom. The van der Waals surface area contributed by atoms with Crippen LogP contribution in [0.5, 0.6) is 0 Å². The second-order valence-electron chi connectivity index (χ2n) is 6.05. The molecule has 0 amide bonds. The van der Waals surface area contributed by atoms with Crippen molar-refractivity contribution < 1.29 is 10.0 Å². The summed E-state index contributed by atoms with van der Waals surface area (Å²) < 4.78 is 0.910. The molecule has 1 heterocycles. The van der Waals surface area contributed by atoms with Crippen LogP contribution in [-0.4, -0.2) is 32.5 Å². The van der Waals surface area contributed by atoms with Crippen molar-refractivity contribution in [3.05, 3.63) is 25.5 Å². The molecule has 2 bridgehead atoms. The Morgan fingerprint density at radius 2 is 2.18 bits per heavy atom. The van der Waals surface area contributed by atoms with Gasteiger partial charge >= 0.3 is 11.4 Å². The van der Waals surface area contributed by atoms with E-state index in [1.54, 1.807) is 0 Å². The van der Waals surface area contributed by atoms with E-state index in [9.17, 15) is 20.0 Å². The number of nitro groups is 1. The van der Waals surface area contributed by atoms with Crippen LogP contribution in [0.15, 0.2) is 4.79 Å². The molecule has 2 N–H and O–H groups in total. The molecule has 0 unspecified atom stereocenters. The normalized spacial score (nSPS) is 29.8. The molecule has 9 heteroatoms. The molecule has 0 saturated heterocycles. The van der Waals surface area contributed by atoms with Crippen LogP contribution in [-0.2, 0) is 7.05 Å². The first-order chi connectivity index (χ1) is 10.4. The summed E-state index contributed by atoms with van der Waals surface area (Å²) in [5, 5.41) is 27.0. The molecule has 0 aliphatic heterocycles. The molecule has 4 atom stereocenters. The Labute approximate surface area is 131 Å². The Hall–Kier alpha value is -1.67. The molecule has 0 aromatic carbocycles. The van der Waals surface area contributed by atoms with Crippen LogP contribution in [0, 0.1) is 27.9 Å². The van der Waals surface area contributed by atoms with Crippen LogP contribution < -0.4 is 10.9 Å². The maximum atomic E-state index is 12.2. The molecule has 2 saturated carbocycles. The summed E-state index contributed by atoms with van der Waals surface area (Å²) in [6.45, 7) is 0.0317. The van der Waals surface area contributed by atoms with Gasteiger partial charge in [-0.25, -0.2) is 0 Å². The monoisotopic (exact) mass is 328 g/mol. The van der Waals surface area contributed by atoms with E-state index in [4.69, 9.17) is 11.6 Å². The van der Waals surface area contributed by atoms with Gasteiger partial charge in [-0.3, -0.25) is 4.79 Å². The summed E-state index contributed by atoms with van der Waals surface area (Å²) in [5.41, 5.74) is -0.503. The third kappa shape index (κ3) is 2.26. The maximum Gasteiger partial charge on any atom is 0.409 e. The largest absolute Gasteiger partial charge is 0.409 e. The van der Waals surface area contributed by atoms with Crippen molar-refractivity contribution in [2.24, 2.45) is 24.8 Å². The van der Waals surface area contributed by atoms with Crippen molar-refractivity contribution in [2.45, 2.75) is 25.3 Å². The van der Waals surface area contributed by atoms with E-state index in [1.807, 2.05) is 0 Å². The zero-order valence-corrected chi connectivity index (χ0v) is 12.8. The number of fused-ring (bicyclic) bond motifs is 2. The second kappa shape index (κ2) is 5.51. The zero-order chi connectivity index (χ0) is 16.0. The fourth-order valence-corrected chi connectivity index (χ4v) is 4.15. The fourth-order valence-electron chi connectivity index (χ4n) is 3.91. The number of aromatic nitrogens is 2. The first-order valence-electron chi connectivity index (χ1n) is 7.22. The Bertz CT molecular complexity index is 677. The molecule has 120 valence electrons. The Morgan fingerprint density at radius 3 is 2.82 bits per heavy atom. The van der Waals surface area contributed by atoms with Crippen molar-refractivity contribution >= 4 is 23.1 Å². The van der Waals surface area contributed by atoms with Crippen LogP contribution in [0.3, 0.4) is 0 Å². The number of hydrogen-bond donors (Lipinski definition) is 2. The first kappa shape index (κ1) is 15.2.